The molecule has 0 spiro atoms. The summed E-state index contributed by atoms with van der Waals surface area (Å²) in [7, 11) is 0. The fourth-order valence-electron chi connectivity index (χ4n) is 4.55. The fourth-order valence-corrected chi connectivity index (χ4v) is 4.55. The van der Waals surface area contributed by atoms with Gasteiger partial charge in [0, 0.05) is 19.8 Å². The first-order valence-electron chi connectivity index (χ1n) is 17.6. The van der Waals surface area contributed by atoms with Gasteiger partial charge < -0.3 is 15.2 Å². The van der Waals surface area contributed by atoms with E-state index in [0.29, 0.717) is 13.2 Å². The van der Waals surface area contributed by atoms with Crippen molar-refractivity contribution in [2.75, 3.05) is 26.4 Å². The van der Waals surface area contributed by atoms with E-state index in [1.807, 2.05) is 0 Å². The molecule has 0 aliphatic heterocycles. The molecule has 1 atom stereocenters. The lowest BCUT2D eigenvalue weighted by Gasteiger charge is -2.16. The lowest BCUT2D eigenvalue weighted by atomic mass is 10.1. The van der Waals surface area contributed by atoms with Gasteiger partial charge in [-0.25, -0.2) is 0 Å². The zero-order chi connectivity index (χ0) is 30.4. The van der Waals surface area contributed by atoms with Crippen molar-refractivity contribution in [2.45, 2.75) is 148 Å². The minimum absolute atomic E-state index is 0.0425. The van der Waals surface area contributed by atoms with Crippen LogP contribution < -0.4 is 5.73 Å². The van der Waals surface area contributed by atoms with Gasteiger partial charge in [0.15, 0.2) is 0 Å². The van der Waals surface area contributed by atoms with Gasteiger partial charge in [-0.2, -0.15) is 0 Å². The molecule has 1 unspecified atom stereocenters. The molecule has 0 aromatic heterocycles. The number of hydrogen-bond acceptors (Lipinski definition) is 3. The van der Waals surface area contributed by atoms with Crippen LogP contribution in [0.25, 0.3) is 0 Å². The van der Waals surface area contributed by atoms with Crippen molar-refractivity contribution in [3.05, 3.63) is 72.9 Å². The summed E-state index contributed by atoms with van der Waals surface area (Å²) in [4.78, 5) is 0. The molecule has 2 N–H and O–H groups in total. The molecular formula is C39H69NO2. The maximum atomic E-state index is 5.96. The van der Waals surface area contributed by atoms with Gasteiger partial charge in [-0.3, -0.25) is 0 Å². The molecule has 3 nitrogen and oxygen atoms in total. The predicted octanol–water partition coefficient (Wildman–Crippen LogP) is 11.5. The number of rotatable bonds is 32. The van der Waals surface area contributed by atoms with E-state index in [-0.39, 0.29) is 6.10 Å². The molecule has 0 aliphatic rings. The minimum Gasteiger partial charge on any atom is -0.379 e. The molecule has 42 heavy (non-hydrogen) atoms. The van der Waals surface area contributed by atoms with E-state index in [1.165, 1.54) is 77.0 Å². The summed E-state index contributed by atoms with van der Waals surface area (Å²) in [6.07, 6.45) is 51.5. The molecule has 0 aromatic carbocycles. The summed E-state index contributed by atoms with van der Waals surface area (Å²) in [5, 5.41) is 0. The van der Waals surface area contributed by atoms with Crippen molar-refractivity contribution >= 4 is 0 Å². The van der Waals surface area contributed by atoms with Crippen LogP contribution in [0, 0.1) is 0 Å². The summed E-state index contributed by atoms with van der Waals surface area (Å²) >= 11 is 0. The van der Waals surface area contributed by atoms with Gasteiger partial charge >= 0.3 is 0 Å². The Morgan fingerprint density at radius 3 is 1.29 bits per heavy atom. The van der Waals surface area contributed by atoms with E-state index in [4.69, 9.17) is 15.2 Å². The van der Waals surface area contributed by atoms with E-state index in [1.54, 1.807) is 0 Å². The molecule has 3 heteroatoms. The average Bonchev–Trinajstić information content (AvgIpc) is 3.00. The Morgan fingerprint density at radius 1 is 0.452 bits per heavy atom. The third-order valence-corrected chi connectivity index (χ3v) is 7.15. The van der Waals surface area contributed by atoms with Crippen LogP contribution in [0.1, 0.15) is 142 Å². The predicted molar refractivity (Wildman–Crippen MR) is 188 cm³/mol. The van der Waals surface area contributed by atoms with Crippen LogP contribution in [0.15, 0.2) is 72.9 Å². The van der Waals surface area contributed by atoms with Crippen molar-refractivity contribution in [2.24, 2.45) is 5.73 Å². The van der Waals surface area contributed by atoms with Gasteiger partial charge in [0.05, 0.1) is 12.7 Å². The second-order valence-electron chi connectivity index (χ2n) is 11.2. The average molecular weight is 584 g/mol. The van der Waals surface area contributed by atoms with Gasteiger partial charge in [0.25, 0.3) is 0 Å². The molecule has 242 valence electrons. The summed E-state index contributed by atoms with van der Waals surface area (Å²) in [5.41, 5.74) is 5.89. The zero-order valence-corrected chi connectivity index (χ0v) is 27.9. The van der Waals surface area contributed by atoms with E-state index >= 15 is 0 Å². The topological polar surface area (TPSA) is 44.5 Å². The number of allylic oxidation sites excluding steroid dienone is 12. The van der Waals surface area contributed by atoms with Gasteiger partial charge in [-0.1, -0.05) is 138 Å². The SMILES string of the molecule is CC/C=C\C/C=C\C/C=C\CCCCCCCCOCC(CN)OCCCCCCCC/C=C\C/C=C\C/C=C\CC. The molecular weight excluding hydrogens is 514 g/mol. The summed E-state index contributed by atoms with van der Waals surface area (Å²) in [5.74, 6) is 0. The number of ether oxygens (including phenoxy) is 2. The smallest absolute Gasteiger partial charge is 0.0930 e. The quantitative estimate of drug-likeness (QED) is 0.0632. The second-order valence-corrected chi connectivity index (χ2v) is 11.2. The first kappa shape index (κ1) is 40.3. The maximum absolute atomic E-state index is 5.96. The largest absolute Gasteiger partial charge is 0.379 e. The Labute approximate surface area is 262 Å². The van der Waals surface area contributed by atoms with Crippen LogP contribution in [0.5, 0.6) is 0 Å². The Balaban J connectivity index is 3.41. The molecule has 0 rings (SSSR count). The Bertz CT molecular complexity index is 688. The first-order valence-corrected chi connectivity index (χ1v) is 17.6. The van der Waals surface area contributed by atoms with E-state index < -0.39 is 0 Å². The molecule has 0 fully saturated rings. The fraction of sp³-hybridized carbons (Fsp3) is 0.692. The van der Waals surface area contributed by atoms with Gasteiger partial charge in [-0.15, -0.1) is 0 Å². The highest BCUT2D eigenvalue weighted by molar-refractivity contribution is 4.98. The van der Waals surface area contributed by atoms with Gasteiger partial charge in [0.1, 0.15) is 0 Å². The maximum Gasteiger partial charge on any atom is 0.0930 e. The Morgan fingerprint density at radius 2 is 0.833 bits per heavy atom. The second kappa shape index (κ2) is 37.3. The van der Waals surface area contributed by atoms with E-state index in [9.17, 15) is 0 Å². The molecule has 0 heterocycles. The van der Waals surface area contributed by atoms with Crippen LogP contribution in [0.4, 0.5) is 0 Å². The summed E-state index contributed by atoms with van der Waals surface area (Å²) in [6.45, 7) is 7.15. The van der Waals surface area contributed by atoms with Crippen molar-refractivity contribution in [1.82, 2.24) is 0 Å². The van der Waals surface area contributed by atoms with Crippen molar-refractivity contribution < 1.29 is 9.47 Å². The highest BCUT2D eigenvalue weighted by atomic mass is 16.5. The lowest BCUT2D eigenvalue weighted by molar-refractivity contribution is -0.0136. The standard InChI is InChI=1S/C39H69NO2/c1-3-5-7-9-11-13-15-17-19-21-23-25-27-29-31-33-35-41-38-39(37-40)42-36-34-32-30-28-26-24-22-20-18-16-14-12-10-8-6-4-2/h5-8,11-14,17-20,39H,3-4,9-10,15-16,21-38,40H2,1-2H3/b7-5-,8-6-,13-11-,14-12-,19-17-,20-18-. The zero-order valence-electron chi connectivity index (χ0n) is 27.9. The Kier molecular flexibility index (Phi) is 35.9. The van der Waals surface area contributed by atoms with Crippen LogP contribution in [-0.4, -0.2) is 32.5 Å². The third-order valence-electron chi connectivity index (χ3n) is 7.15. The Hall–Kier alpha value is -1.68. The molecule has 0 aromatic rings. The molecule has 0 aliphatic carbocycles. The van der Waals surface area contributed by atoms with Crippen molar-refractivity contribution in [3.63, 3.8) is 0 Å². The van der Waals surface area contributed by atoms with Crippen LogP contribution in [0.3, 0.4) is 0 Å². The number of nitrogens with two attached hydrogens (primary N) is 1. The third kappa shape index (κ3) is 34.5. The minimum atomic E-state index is 0.0425. The number of unbranched alkanes of at least 4 members (excludes halogenated alkanes) is 12. The molecule has 0 amide bonds. The summed E-state index contributed by atoms with van der Waals surface area (Å²) in [6, 6.07) is 0. The number of hydrogen-bond donors (Lipinski definition) is 1. The molecule has 0 saturated carbocycles. The van der Waals surface area contributed by atoms with Crippen LogP contribution >= 0.6 is 0 Å². The van der Waals surface area contributed by atoms with Gasteiger partial charge in [0.2, 0.25) is 0 Å². The normalized spacial score (nSPS) is 13.5. The summed E-state index contributed by atoms with van der Waals surface area (Å²) < 4.78 is 11.8. The van der Waals surface area contributed by atoms with Gasteiger partial charge in [-0.05, 0) is 77.0 Å². The van der Waals surface area contributed by atoms with Crippen molar-refractivity contribution in [3.8, 4) is 0 Å². The lowest BCUT2D eigenvalue weighted by Crippen LogP contribution is -2.29. The molecule has 0 bridgehead atoms. The van der Waals surface area contributed by atoms with Crippen LogP contribution in [-0.2, 0) is 9.47 Å². The van der Waals surface area contributed by atoms with E-state index in [2.05, 4.69) is 86.8 Å². The van der Waals surface area contributed by atoms with E-state index in [0.717, 1.165) is 64.6 Å². The molecule has 0 saturated heterocycles. The van der Waals surface area contributed by atoms with Crippen molar-refractivity contribution in [1.29, 1.82) is 0 Å². The monoisotopic (exact) mass is 584 g/mol. The molecule has 0 radical (unpaired) electrons. The van der Waals surface area contributed by atoms with Crippen LogP contribution in [0.2, 0.25) is 0 Å². The highest BCUT2D eigenvalue weighted by Crippen LogP contribution is 2.10. The first-order chi connectivity index (χ1) is 20.8. The highest BCUT2D eigenvalue weighted by Gasteiger charge is 2.06.